The Labute approximate surface area is 145 Å². The largest absolute Gasteiger partial charge is 0.339 e. The molecule has 0 radical (unpaired) electrons. The maximum Gasteiger partial charge on any atom is 0.247 e. The molecule has 0 saturated heterocycles. The van der Waals surface area contributed by atoms with Gasteiger partial charge in [0.2, 0.25) is 11.5 Å². The summed E-state index contributed by atoms with van der Waals surface area (Å²) in [6.45, 7) is 1.38. The summed E-state index contributed by atoms with van der Waals surface area (Å²) in [4.78, 5) is 27.9. The van der Waals surface area contributed by atoms with Gasteiger partial charge in [0, 0.05) is 36.8 Å². The number of benzene rings is 1. The molecule has 3 rings (SSSR count). The molecule has 0 bridgehead atoms. The Morgan fingerprint density at radius 3 is 2.58 bits per heavy atom. The standard InChI is InChI=1S/C19H19ClN2O2/c20-17-5-3-15(4-6-17)16-9-11-22(12-10-16)19(24)8-2-14-1-7-18(23)21-13-14/h1,3-7,9,13H,2,8,10-12H2,(H,21,23). The van der Waals surface area contributed by atoms with Crippen LogP contribution >= 0.6 is 11.6 Å². The van der Waals surface area contributed by atoms with Gasteiger partial charge in [-0.2, -0.15) is 0 Å². The molecular formula is C19H19ClN2O2. The minimum absolute atomic E-state index is 0.124. The summed E-state index contributed by atoms with van der Waals surface area (Å²) in [5.74, 6) is 0.146. The maximum absolute atomic E-state index is 12.3. The van der Waals surface area contributed by atoms with Crippen molar-refractivity contribution in [1.82, 2.24) is 9.88 Å². The van der Waals surface area contributed by atoms with E-state index in [0.29, 0.717) is 19.4 Å². The van der Waals surface area contributed by atoms with E-state index < -0.39 is 0 Å². The summed E-state index contributed by atoms with van der Waals surface area (Å²) in [5.41, 5.74) is 3.27. The van der Waals surface area contributed by atoms with Gasteiger partial charge in [0.1, 0.15) is 0 Å². The number of rotatable bonds is 4. The van der Waals surface area contributed by atoms with Crippen LogP contribution in [-0.4, -0.2) is 28.9 Å². The Bertz CT molecular complexity index is 788. The second-order valence-corrected chi connectivity index (χ2v) is 6.32. The van der Waals surface area contributed by atoms with Crippen LogP contribution < -0.4 is 5.56 Å². The second kappa shape index (κ2) is 7.49. The van der Waals surface area contributed by atoms with Crippen LogP contribution in [0.5, 0.6) is 0 Å². The minimum atomic E-state index is -0.124. The van der Waals surface area contributed by atoms with E-state index in [1.807, 2.05) is 29.2 Å². The van der Waals surface area contributed by atoms with Crippen LogP contribution in [-0.2, 0) is 11.2 Å². The molecule has 0 saturated carbocycles. The van der Waals surface area contributed by atoms with Gasteiger partial charge in [0.25, 0.3) is 0 Å². The van der Waals surface area contributed by atoms with Gasteiger partial charge in [-0.25, -0.2) is 0 Å². The topological polar surface area (TPSA) is 53.2 Å². The lowest BCUT2D eigenvalue weighted by molar-refractivity contribution is -0.130. The first-order chi connectivity index (χ1) is 11.6. The number of pyridine rings is 1. The molecule has 1 amide bonds. The maximum atomic E-state index is 12.3. The lowest BCUT2D eigenvalue weighted by Gasteiger charge is -2.27. The van der Waals surface area contributed by atoms with Crippen molar-refractivity contribution >= 4 is 23.1 Å². The monoisotopic (exact) mass is 342 g/mol. The number of hydrogen-bond donors (Lipinski definition) is 1. The molecule has 0 fully saturated rings. The molecule has 24 heavy (non-hydrogen) atoms. The number of hydrogen-bond acceptors (Lipinski definition) is 2. The Morgan fingerprint density at radius 1 is 1.17 bits per heavy atom. The predicted octanol–water partition coefficient (Wildman–Crippen LogP) is 3.28. The second-order valence-electron chi connectivity index (χ2n) is 5.89. The lowest BCUT2D eigenvalue weighted by Crippen LogP contribution is -2.34. The number of halogens is 1. The Morgan fingerprint density at radius 2 is 1.96 bits per heavy atom. The minimum Gasteiger partial charge on any atom is -0.339 e. The molecule has 2 aromatic rings. The Balaban J connectivity index is 1.55. The fourth-order valence-electron chi connectivity index (χ4n) is 2.83. The average molecular weight is 343 g/mol. The molecule has 0 unspecified atom stereocenters. The Hall–Kier alpha value is -2.33. The van der Waals surface area contributed by atoms with Gasteiger partial charge < -0.3 is 9.88 Å². The van der Waals surface area contributed by atoms with E-state index in [4.69, 9.17) is 11.6 Å². The van der Waals surface area contributed by atoms with Crippen LogP contribution in [0.25, 0.3) is 5.57 Å². The molecule has 4 nitrogen and oxygen atoms in total. The summed E-state index contributed by atoms with van der Waals surface area (Å²) in [6, 6.07) is 11.1. The van der Waals surface area contributed by atoms with Crippen molar-refractivity contribution in [2.75, 3.05) is 13.1 Å². The summed E-state index contributed by atoms with van der Waals surface area (Å²) in [6.07, 6.45) is 5.73. The summed E-state index contributed by atoms with van der Waals surface area (Å²) >= 11 is 5.92. The quantitative estimate of drug-likeness (QED) is 0.927. The third-order valence-electron chi connectivity index (χ3n) is 4.25. The van der Waals surface area contributed by atoms with Gasteiger partial charge in [0.05, 0.1) is 0 Å². The van der Waals surface area contributed by atoms with E-state index in [0.717, 1.165) is 23.6 Å². The zero-order valence-electron chi connectivity index (χ0n) is 13.3. The van der Waals surface area contributed by atoms with Crippen molar-refractivity contribution in [2.45, 2.75) is 19.3 Å². The van der Waals surface area contributed by atoms with E-state index >= 15 is 0 Å². The van der Waals surface area contributed by atoms with E-state index in [2.05, 4.69) is 11.1 Å². The highest BCUT2D eigenvalue weighted by Gasteiger charge is 2.17. The SMILES string of the molecule is O=C(CCc1ccc(=O)[nH]c1)N1CC=C(c2ccc(Cl)cc2)CC1. The van der Waals surface area contributed by atoms with E-state index in [1.165, 1.54) is 17.2 Å². The van der Waals surface area contributed by atoms with Gasteiger partial charge in [0.15, 0.2) is 0 Å². The first-order valence-electron chi connectivity index (χ1n) is 8.02. The molecule has 124 valence electrons. The van der Waals surface area contributed by atoms with Crippen LogP contribution in [0.15, 0.2) is 53.5 Å². The summed E-state index contributed by atoms with van der Waals surface area (Å²) in [7, 11) is 0. The van der Waals surface area contributed by atoms with E-state index in [-0.39, 0.29) is 11.5 Å². The van der Waals surface area contributed by atoms with Gasteiger partial charge in [-0.3, -0.25) is 9.59 Å². The highest BCUT2D eigenvalue weighted by molar-refractivity contribution is 6.30. The molecule has 2 heterocycles. The van der Waals surface area contributed by atoms with Crippen LogP contribution in [0, 0.1) is 0 Å². The van der Waals surface area contributed by atoms with Crippen LogP contribution in [0.4, 0.5) is 0 Å². The van der Waals surface area contributed by atoms with Crippen LogP contribution in [0.3, 0.4) is 0 Å². The Kier molecular flexibility index (Phi) is 5.16. The van der Waals surface area contributed by atoms with E-state index in [9.17, 15) is 9.59 Å². The molecule has 0 atom stereocenters. The van der Waals surface area contributed by atoms with Crippen molar-refractivity contribution in [3.05, 3.63) is 75.2 Å². The van der Waals surface area contributed by atoms with Crippen molar-refractivity contribution in [3.63, 3.8) is 0 Å². The number of aromatic amines is 1. The fraction of sp³-hybridized carbons (Fsp3) is 0.263. The number of amides is 1. The first-order valence-corrected chi connectivity index (χ1v) is 8.40. The lowest BCUT2D eigenvalue weighted by atomic mass is 9.99. The number of carbonyl (C=O) groups is 1. The predicted molar refractivity (Wildman–Crippen MR) is 96.0 cm³/mol. The van der Waals surface area contributed by atoms with Crippen LogP contribution in [0.2, 0.25) is 5.02 Å². The van der Waals surface area contributed by atoms with Gasteiger partial charge in [-0.15, -0.1) is 0 Å². The number of H-pyrrole nitrogens is 1. The molecule has 1 aromatic carbocycles. The molecule has 1 aliphatic rings. The van der Waals surface area contributed by atoms with Crippen molar-refractivity contribution in [3.8, 4) is 0 Å². The molecule has 0 aliphatic carbocycles. The number of aryl methyl sites for hydroxylation is 1. The molecular weight excluding hydrogens is 324 g/mol. The number of nitrogens with one attached hydrogen (secondary N) is 1. The highest BCUT2D eigenvalue weighted by atomic mass is 35.5. The van der Waals surface area contributed by atoms with Crippen molar-refractivity contribution in [1.29, 1.82) is 0 Å². The fourth-order valence-corrected chi connectivity index (χ4v) is 2.96. The van der Waals surface area contributed by atoms with Gasteiger partial charge >= 0.3 is 0 Å². The third kappa shape index (κ3) is 4.15. The number of carbonyl (C=O) groups excluding carboxylic acids is 1. The van der Waals surface area contributed by atoms with Gasteiger partial charge in [-0.1, -0.05) is 35.9 Å². The molecule has 1 aromatic heterocycles. The van der Waals surface area contributed by atoms with Crippen LogP contribution in [0.1, 0.15) is 24.0 Å². The smallest absolute Gasteiger partial charge is 0.247 e. The molecule has 1 aliphatic heterocycles. The van der Waals surface area contributed by atoms with Crippen molar-refractivity contribution in [2.24, 2.45) is 0 Å². The average Bonchev–Trinajstić information content (AvgIpc) is 2.62. The molecule has 5 heteroatoms. The number of aromatic nitrogens is 1. The number of nitrogens with zero attached hydrogens (tertiary/aromatic N) is 1. The molecule has 0 spiro atoms. The summed E-state index contributed by atoms with van der Waals surface area (Å²) in [5, 5.41) is 0.731. The van der Waals surface area contributed by atoms with Crippen molar-refractivity contribution < 1.29 is 4.79 Å². The summed E-state index contributed by atoms with van der Waals surface area (Å²) < 4.78 is 0. The normalized spacial score (nSPS) is 14.4. The molecule has 1 N–H and O–H groups in total. The highest BCUT2D eigenvalue weighted by Crippen LogP contribution is 2.24. The zero-order valence-corrected chi connectivity index (χ0v) is 14.1. The van der Waals surface area contributed by atoms with E-state index in [1.54, 1.807) is 12.3 Å². The third-order valence-corrected chi connectivity index (χ3v) is 4.50. The first kappa shape index (κ1) is 16.5. The zero-order chi connectivity index (χ0) is 16.9. The van der Waals surface area contributed by atoms with Gasteiger partial charge in [-0.05, 0) is 41.7 Å².